The Bertz CT molecular complexity index is 932. The highest BCUT2D eigenvalue weighted by Gasteiger charge is 2.35. The summed E-state index contributed by atoms with van der Waals surface area (Å²) in [5.74, 6) is 0.0556. The Labute approximate surface area is 170 Å². The zero-order valence-electron chi connectivity index (χ0n) is 16.6. The number of carbonyl (C=O) groups is 1. The largest absolute Gasteiger partial charge is 0.355 e. The maximum Gasteiger partial charge on any atom is 0.226 e. The molecule has 1 aliphatic rings. The summed E-state index contributed by atoms with van der Waals surface area (Å²) in [4.78, 5) is 17.3. The number of rotatable bonds is 6. The summed E-state index contributed by atoms with van der Waals surface area (Å²) in [6, 6.07) is 14.8. The van der Waals surface area contributed by atoms with Crippen LogP contribution in [0, 0.1) is 13.8 Å². The predicted octanol–water partition coefficient (Wildman–Crippen LogP) is 4.72. The Hall–Kier alpha value is -2.40. The number of thiazole rings is 1. The van der Waals surface area contributed by atoms with Crippen molar-refractivity contribution in [2.24, 2.45) is 0 Å². The zero-order chi connectivity index (χ0) is 19.6. The summed E-state index contributed by atoms with van der Waals surface area (Å²) < 4.78 is 2.13. The first-order valence-electron chi connectivity index (χ1n) is 9.99. The van der Waals surface area contributed by atoms with E-state index in [-0.39, 0.29) is 11.3 Å². The molecule has 0 spiro atoms. The normalized spacial score (nSPS) is 15.6. The van der Waals surface area contributed by atoms with E-state index in [4.69, 9.17) is 4.98 Å². The van der Waals surface area contributed by atoms with Crippen LogP contribution in [0.4, 0.5) is 0 Å². The van der Waals surface area contributed by atoms with Gasteiger partial charge in [-0.15, -0.1) is 11.3 Å². The molecule has 1 fully saturated rings. The van der Waals surface area contributed by atoms with Crippen LogP contribution in [0.1, 0.15) is 48.3 Å². The van der Waals surface area contributed by atoms with Gasteiger partial charge in [0, 0.05) is 28.7 Å². The summed E-state index contributed by atoms with van der Waals surface area (Å²) in [6.07, 6.45) is 5.08. The second-order valence-electron chi connectivity index (χ2n) is 7.88. The van der Waals surface area contributed by atoms with Crippen molar-refractivity contribution < 1.29 is 4.79 Å². The number of aromatic nitrogens is 2. The van der Waals surface area contributed by atoms with Crippen molar-refractivity contribution in [1.82, 2.24) is 14.9 Å². The minimum atomic E-state index is 0.0556. The van der Waals surface area contributed by atoms with Crippen molar-refractivity contribution >= 4 is 17.2 Å². The predicted molar refractivity (Wildman–Crippen MR) is 114 cm³/mol. The summed E-state index contributed by atoms with van der Waals surface area (Å²) >= 11 is 1.59. The first-order valence-corrected chi connectivity index (χ1v) is 10.9. The van der Waals surface area contributed by atoms with E-state index in [1.807, 2.05) is 5.38 Å². The molecule has 146 valence electrons. The van der Waals surface area contributed by atoms with Gasteiger partial charge in [-0.2, -0.15) is 0 Å². The van der Waals surface area contributed by atoms with E-state index >= 15 is 0 Å². The third-order valence-electron chi connectivity index (χ3n) is 5.91. The quantitative estimate of drug-likeness (QED) is 0.659. The number of hydrogen-bond donors (Lipinski definition) is 1. The minimum Gasteiger partial charge on any atom is -0.355 e. The molecule has 0 saturated heterocycles. The molecule has 1 aromatic carbocycles. The van der Waals surface area contributed by atoms with Gasteiger partial charge in [0.1, 0.15) is 0 Å². The average Bonchev–Trinajstić information content (AvgIpc) is 3.43. The van der Waals surface area contributed by atoms with E-state index in [9.17, 15) is 4.79 Å². The molecule has 1 amide bonds. The number of carbonyl (C=O) groups excluding carboxylic acids is 1. The lowest BCUT2D eigenvalue weighted by molar-refractivity contribution is -0.120. The van der Waals surface area contributed by atoms with Crippen LogP contribution in [0.2, 0.25) is 0 Å². The second kappa shape index (κ2) is 7.92. The van der Waals surface area contributed by atoms with Crippen LogP contribution in [0.25, 0.3) is 5.13 Å². The topological polar surface area (TPSA) is 46.9 Å². The first-order chi connectivity index (χ1) is 13.6. The fraction of sp³-hybridized carbons (Fsp3) is 0.391. The lowest BCUT2D eigenvalue weighted by atomic mass is 9.79. The molecule has 1 N–H and O–H groups in total. The highest BCUT2D eigenvalue weighted by atomic mass is 32.1. The van der Waals surface area contributed by atoms with Crippen LogP contribution < -0.4 is 5.32 Å². The van der Waals surface area contributed by atoms with Gasteiger partial charge in [0.05, 0.1) is 12.1 Å². The zero-order valence-corrected chi connectivity index (χ0v) is 17.4. The molecule has 0 atom stereocenters. The van der Waals surface area contributed by atoms with Crippen LogP contribution in [0.3, 0.4) is 0 Å². The van der Waals surface area contributed by atoms with Crippen LogP contribution in [-0.2, 0) is 16.6 Å². The lowest BCUT2D eigenvalue weighted by Crippen LogP contribution is -2.39. The van der Waals surface area contributed by atoms with Gasteiger partial charge in [-0.3, -0.25) is 9.36 Å². The molecule has 28 heavy (non-hydrogen) atoms. The smallest absolute Gasteiger partial charge is 0.226 e. The SMILES string of the molecule is Cc1ccc(C)n1-c1nc(CC(=O)NCC2(c3ccccc3)CCCC2)cs1. The van der Waals surface area contributed by atoms with Gasteiger partial charge in [0.25, 0.3) is 0 Å². The maximum atomic E-state index is 12.6. The van der Waals surface area contributed by atoms with Crippen molar-refractivity contribution in [3.05, 3.63) is 70.5 Å². The molecule has 4 rings (SSSR count). The number of nitrogens with one attached hydrogen (secondary N) is 1. The molecular weight excluding hydrogens is 366 g/mol. The molecule has 0 radical (unpaired) electrons. The maximum absolute atomic E-state index is 12.6. The summed E-state index contributed by atoms with van der Waals surface area (Å²) in [7, 11) is 0. The monoisotopic (exact) mass is 393 g/mol. The van der Waals surface area contributed by atoms with Crippen molar-refractivity contribution in [2.75, 3.05) is 6.54 Å². The van der Waals surface area contributed by atoms with Gasteiger partial charge < -0.3 is 5.32 Å². The van der Waals surface area contributed by atoms with E-state index in [1.54, 1.807) is 11.3 Å². The summed E-state index contributed by atoms with van der Waals surface area (Å²) in [5.41, 5.74) is 4.60. The van der Waals surface area contributed by atoms with Crippen molar-refractivity contribution in [1.29, 1.82) is 0 Å². The van der Waals surface area contributed by atoms with Gasteiger partial charge in [0.2, 0.25) is 5.91 Å². The van der Waals surface area contributed by atoms with Crippen molar-refractivity contribution in [3.63, 3.8) is 0 Å². The molecule has 0 bridgehead atoms. The molecule has 1 aliphatic carbocycles. The van der Waals surface area contributed by atoms with Crippen LogP contribution in [0.15, 0.2) is 47.8 Å². The van der Waals surface area contributed by atoms with Gasteiger partial charge in [0.15, 0.2) is 5.13 Å². The van der Waals surface area contributed by atoms with Gasteiger partial charge >= 0.3 is 0 Å². The first kappa shape index (κ1) is 18.9. The van der Waals surface area contributed by atoms with Gasteiger partial charge in [-0.05, 0) is 44.4 Å². The van der Waals surface area contributed by atoms with Crippen molar-refractivity contribution in [3.8, 4) is 5.13 Å². The third-order valence-corrected chi connectivity index (χ3v) is 6.79. The molecular formula is C23H27N3OS. The number of aryl methyl sites for hydroxylation is 2. The number of nitrogens with zero attached hydrogens (tertiary/aromatic N) is 2. The Morgan fingerprint density at radius 1 is 1.11 bits per heavy atom. The molecule has 4 nitrogen and oxygen atoms in total. The highest BCUT2D eigenvalue weighted by molar-refractivity contribution is 7.12. The molecule has 2 heterocycles. The molecule has 2 aromatic heterocycles. The third kappa shape index (κ3) is 3.76. The second-order valence-corrected chi connectivity index (χ2v) is 8.72. The number of amides is 1. The lowest BCUT2D eigenvalue weighted by Gasteiger charge is -2.30. The Morgan fingerprint density at radius 3 is 2.46 bits per heavy atom. The minimum absolute atomic E-state index is 0.0556. The fourth-order valence-electron chi connectivity index (χ4n) is 4.36. The Morgan fingerprint density at radius 2 is 1.79 bits per heavy atom. The highest BCUT2D eigenvalue weighted by Crippen LogP contribution is 2.40. The van der Waals surface area contributed by atoms with Crippen molar-refractivity contribution in [2.45, 2.75) is 51.4 Å². The Kier molecular flexibility index (Phi) is 5.36. The Balaban J connectivity index is 1.41. The van der Waals surface area contributed by atoms with Crippen LogP contribution in [-0.4, -0.2) is 22.0 Å². The number of hydrogen-bond acceptors (Lipinski definition) is 3. The van der Waals surface area contributed by atoms with E-state index < -0.39 is 0 Å². The molecule has 0 unspecified atom stereocenters. The van der Waals surface area contributed by atoms with E-state index in [0.29, 0.717) is 13.0 Å². The van der Waals surface area contributed by atoms with E-state index in [0.717, 1.165) is 35.1 Å². The van der Waals surface area contributed by atoms with Gasteiger partial charge in [-0.25, -0.2) is 4.98 Å². The van der Waals surface area contributed by atoms with E-state index in [1.165, 1.54) is 18.4 Å². The standard InChI is InChI=1S/C23H27N3OS/c1-17-10-11-18(2)26(17)22-25-20(15-28-22)14-21(27)24-16-23(12-6-7-13-23)19-8-4-3-5-9-19/h3-5,8-11,15H,6-7,12-14,16H2,1-2H3,(H,24,27). The summed E-state index contributed by atoms with van der Waals surface area (Å²) in [6.45, 7) is 4.86. The molecule has 5 heteroatoms. The van der Waals surface area contributed by atoms with E-state index in [2.05, 4.69) is 66.2 Å². The fourth-order valence-corrected chi connectivity index (χ4v) is 5.30. The average molecular weight is 394 g/mol. The molecule has 0 aliphatic heterocycles. The molecule has 3 aromatic rings. The van der Waals surface area contributed by atoms with Crippen LogP contribution >= 0.6 is 11.3 Å². The summed E-state index contributed by atoms with van der Waals surface area (Å²) in [5, 5.41) is 6.12. The number of benzene rings is 1. The molecule has 1 saturated carbocycles. The van der Waals surface area contributed by atoms with Crippen LogP contribution in [0.5, 0.6) is 0 Å². The van der Waals surface area contributed by atoms with Gasteiger partial charge in [-0.1, -0.05) is 43.2 Å².